The summed E-state index contributed by atoms with van der Waals surface area (Å²) in [6.07, 6.45) is 7.80. The van der Waals surface area contributed by atoms with Crippen LogP contribution in [0.5, 0.6) is 5.75 Å². The van der Waals surface area contributed by atoms with Crippen LogP contribution in [0.15, 0.2) is 49.1 Å². The Bertz CT molecular complexity index is 783. The van der Waals surface area contributed by atoms with Crippen molar-refractivity contribution in [3.63, 3.8) is 0 Å². The fraction of sp³-hybridized carbons (Fsp3) is 0.222. The topological polar surface area (TPSA) is 30.9 Å². The van der Waals surface area contributed by atoms with Gasteiger partial charge in [0.1, 0.15) is 23.8 Å². The number of pyridine rings is 1. The van der Waals surface area contributed by atoms with Crippen molar-refractivity contribution >= 4 is 0 Å². The fourth-order valence-electron chi connectivity index (χ4n) is 2.92. The zero-order valence-corrected chi connectivity index (χ0v) is 13.4. The second-order valence-corrected chi connectivity index (χ2v) is 5.45. The predicted octanol–water partition coefficient (Wildman–Crippen LogP) is 2.99. The smallest absolute Gasteiger partial charge is 0.293 e. The molecule has 0 unspecified atom stereocenters. The van der Waals surface area contributed by atoms with E-state index in [1.54, 1.807) is 7.11 Å². The lowest BCUT2D eigenvalue weighted by atomic mass is 10.1. The second kappa shape index (κ2) is 5.64. The van der Waals surface area contributed by atoms with Gasteiger partial charge in [-0.3, -0.25) is 4.98 Å². The van der Waals surface area contributed by atoms with Gasteiger partial charge in [0.15, 0.2) is 0 Å². The Labute approximate surface area is 130 Å². The van der Waals surface area contributed by atoms with Crippen molar-refractivity contribution in [3.05, 3.63) is 60.2 Å². The Balaban J connectivity index is 2.23. The molecule has 0 aliphatic carbocycles. The number of nitrogens with zero attached hydrogens (tertiary/aromatic N) is 3. The number of ether oxygens (including phenoxy) is 1. The summed E-state index contributed by atoms with van der Waals surface area (Å²) in [5.41, 5.74) is 4.69. The van der Waals surface area contributed by atoms with E-state index in [-0.39, 0.29) is 0 Å². The maximum Gasteiger partial charge on any atom is 0.293 e. The van der Waals surface area contributed by atoms with Crippen LogP contribution in [0.25, 0.3) is 17.1 Å². The van der Waals surface area contributed by atoms with Crippen molar-refractivity contribution in [1.82, 2.24) is 9.55 Å². The monoisotopic (exact) mass is 294 g/mol. The summed E-state index contributed by atoms with van der Waals surface area (Å²) in [5, 5.41) is 0. The van der Waals surface area contributed by atoms with Crippen molar-refractivity contribution < 1.29 is 9.30 Å². The van der Waals surface area contributed by atoms with Crippen molar-refractivity contribution in [2.24, 2.45) is 7.05 Å². The summed E-state index contributed by atoms with van der Waals surface area (Å²) >= 11 is 0. The Morgan fingerprint density at radius 3 is 2.32 bits per heavy atom. The molecule has 0 spiro atoms. The van der Waals surface area contributed by atoms with E-state index >= 15 is 0 Å². The first-order valence-electron chi connectivity index (χ1n) is 7.25. The van der Waals surface area contributed by atoms with Crippen molar-refractivity contribution in [3.8, 4) is 22.8 Å². The number of aromatic nitrogens is 3. The molecule has 3 rings (SSSR count). The minimum atomic E-state index is 0.890. The molecule has 2 heterocycles. The molecule has 0 aliphatic heterocycles. The van der Waals surface area contributed by atoms with Crippen LogP contribution in [0.1, 0.15) is 11.1 Å². The predicted molar refractivity (Wildman–Crippen MR) is 86.2 cm³/mol. The van der Waals surface area contributed by atoms with Crippen LogP contribution >= 0.6 is 0 Å². The van der Waals surface area contributed by atoms with Gasteiger partial charge in [-0.15, -0.1) is 0 Å². The molecule has 2 aromatic heterocycles. The normalized spacial score (nSPS) is 10.7. The highest BCUT2D eigenvalue weighted by Gasteiger charge is 2.22. The van der Waals surface area contributed by atoms with Crippen LogP contribution in [0, 0.1) is 13.8 Å². The summed E-state index contributed by atoms with van der Waals surface area (Å²) in [7, 11) is 3.76. The van der Waals surface area contributed by atoms with Gasteiger partial charge in [-0.05, 0) is 38.1 Å². The van der Waals surface area contributed by atoms with Crippen molar-refractivity contribution in [2.45, 2.75) is 13.8 Å². The minimum Gasteiger partial charge on any atom is -0.497 e. The van der Waals surface area contributed by atoms with Crippen LogP contribution in [0.3, 0.4) is 0 Å². The molecule has 0 radical (unpaired) electrons. The van der Waals surface area contributed by atoms with Crippen LogP contribution in [-0.2, 0) is 7.05 Å². The summed E-state index contributed by atoms with van der Waals surface area (Å²) in [6.45, 7) is 4.22. The maximum absolute atomic E-state index is 5.36. The van der Waals surface area contributed by atoms with E-state index in [9.17, 15) is 0 Å². The van der Waals surface area contributed by atoms with Crippen molar-refractivity contribution in [1.29, 1.82) is 0 Å². The largest absolute Gasteiger partial charge is 0.497 e. The Hall–Kier alpha value is -2.62. The molecule has 1 aromatic carbocycles. The lowest BCUT2D eigenvalue weighted by Crippen LogP contribution is -2.29. The molecule has 0 atom stereocenters. The number of rotatable bonds is 3. The summed E-state index contributed by atoms with van der Waals surface area (Å²) < 4.78 is 9.71. The van der Waals surface area contributed by atoms with Gasteiger partial charge in [-0.25, -0.2) is 4.57 Å². The number of methoxy groups -OCH3 is 1. The summed E-state index contributed by atoms with van der Waals surface area (Å²) in [4.78, 5) is 4.11. The van der Waals surface area contributed by atoms with Gasteiger partial charge in [0.2, 0.25) is 0 Å². The lowest BCUT2D eigenvalue weighted by Gasteiger charge is -2.11. The van der Waals surface area contributed by atoms with Crippen LogP contribution in [0.4, 0.5) is 0 Å². The zero-order valence-electron chi connectivity index (χ0n) is 13.4. The molecule has 4 nitrogen and oxygen atoms in total. The first-order chi connectivity index (χ1) is 10.6. The van der Waals surface area contributed by atoms with Gasteiger partial charge in [0.25, 0.3) is 5.82 Å². The SMILES string of the molecule is COc1cc(C)c(-n2cc[n+](C)c2-c2ccncc2)c(C)c1. The molecule has 4 heteroatoms. The molecule has 0 N–H and O–H groups in total. The van der Waals surface area contributed by atoms with E-state index in [1.165, 1.54) is 16.8 Å². The molecule has 22 heavy (non-hydrogen) atoms. The van der Waals surface area contributed by atoms with E-state index in [2.05, 4.69) is 59.5 Å². The molecule has 112 valence electrons. The summed E-state index contributed by atoms with van der Waals surface area (Å²) in [5.74, 6) is 2.01. The van der Waals surface area contributed by atoms with E-state index in [0.29, 0.717) is 0 Å². The number of imidazole rings is 1. The van der Waals surface area contributed by atoms with E-state index < -0.39 is 0 Å². The molecule has 0 amide bonds. The number of benzene rings is 1. The number of hydrogen-bond acceptors (Lipinski definition) is 2. The Morgan fingerprint density at radius 2 is 1.73 bits per heavy atom. The van der Waals surface area contributed by atoms with Crippen LogP contribution in [-0.4, -0.2) is 16.7 Å². The second-order valence-electron chi connectivity index (χ2n) is 5.45. The molecule has 0 bridgehead atoms. The third-order valence-corrected chi connectivity index (χ3v) is 3.88. The van der Waals surface area contributed by atoms with Crippen LogP contribution < -0.4 is 9.30 Å². The highest BCUT2D eigenvalue weighted by molar-refractivity contribution is 5.59. The molecular weight excluding hydrogens is 274 g/mol. The van der Waals surface area contributed by atoms with Gasteiger partial charge in [0, 0.05) is 23.5 Å². The molecule has 3 aromatic rings. The average molecular weight is 294 g/mol. The molecule has 0 saturated carbocycles. The van der Waals surface area contributed by atoms with E-state index in [0.717, 1.165) is 17.1 Å². The number of aryl methyl sites for hydroxylation is 3. The van der Waals surface area contributed by atoms with Gasteiger partial charge in [0.05, 0.1) is 19.7 Å². The number of hydrogen-bond donors (Lipinski definition) is 0. The van der Waals surface area contributed by atoms with Gasteiger partial charge in [-0.1, -0.05) is 0 Å². The van der Waals surface area contributed by atoms with E-state index in [4.69, 9.17) is 4.74 Å². The molecule has 0 fully saturated rings. The lowest BCUT2D eigenvalue weighted by molar-refractivity contribution is -0.659. The molecule has 0 saturated heterocycles. The van der Waals surface area contributed by atoms with Gasteiger partial charge < -0.3 is 4.74 Å². The first-order valence-corrected chi connectivity index (χ1v) is 7.25. The Morgan fingerprint density at radius 1 is 1.09 bits per heavy atom. The highest BCUT2D eigenvalue weighted by atomic mass is 16.5. The fourth-order valence-corrected chi connectivity index (χ4v) is 2.92. The zero-order chi connectivity index (χ0) is 15.7. The third-order valence-electron chi connectivity index (χ3n) is 3.88. The van der Waals surface area contributed by atoms with E-state index in [1.807, 2.05) is 24.5 Å². The average Bonchev–Trinajstić information content (AvgIpc) is 2.89. The third kappa shape index (κ3) is 2.37. The summed E-state index contributed by atoms with van der Waals surface area (Å²) in [6, 6.07) is 8.19. The van der Waals surface area contributed by atoms with Crippen LogP contribution in [0.2, 0.25) is 0 Å². The Kier molecular flexibility index (Phi) is 3.67. The minimum absolute atomic E-state index is 0.890. The quantitative estimate of drug-likeness (QED) is 0.695. The first kappa shape index (κ1) is 14.3. The maximum atomic E-state index is 5.36. The standard InChI is InChI=1S/C18H20N3O/c1-13-11-16(22-4)12-14(2)17(13)21-10-9-20(3)18(21)15-5-7-19-8-6-15/h5-12H,1-4H3/q+1. The van der Waals surface area contributed by atoms with Gasteiger partial charge in [-0.2, -0.15) is 4.57 Å². The molecule has 0 aliphatic rings. The van der Waals surface area contributed by atoms with Gasteiger partial charge >= 0.3 is 0 Å². The van der Waals surface area contributed by atoms with Crippen molar-refractivity contribution in [2.75, 3.05) is 7.11 Å². The highest BCUT2D eigenvalue weighted by Crippen LogP contribution is 2.28. The molecular formula is C18H20N3O+.